The minimum atomic E-state index is 0.769. The molecule has 1 aliphatic rings. The molecule has 0 atom stereocenters. The Hall–Kier alpha value is -0.0500. The van der Waals surface area contributed by atoms with Crippen LogP contribution in [-0.4, -0.2) is 6.04 Å². The monoisotopic (exact) mass is 201 g/mol. The van der Waals surface area contributed by atoms with Crippen molar-refractivity contribution < 1.29 is 0 Å². The largest absolute Gasteiger partial charge is 0.309 e. The lowest BCUT2D eigenvalue weighted by molar-refractivity contribution is 0.339. The summed E-state index contributed by atoms with van der Waals surface area (Å²) in [5.74, 6) is 0. The zero-order chi connectivity index (χ0) is 8.39. The molecular formula is C9H12ClNS. The summed E-state index contributed by atoms with van der Waals surface area (Å²) in [7, 11) is 0. The van der Waals surface area contributed by atoms with Gasteiger partial charge < -0.3 is 5.32 Å². The van der Waals surface area contributed by atoms with Gasteiger partial charge in [-0.3, -0.25) is 0 Å². The van der Waals surface area contributed by atoms with Crippen molar-refractivity contribution in [2.45, 2.75) is 31.8 Å². The first-order valence-corrected chi connectivity index (χ1v) is 5.56. The van der Waals surface area contributed by atoms with E-state index in [1.165, 1.54) is 24.1 Å². The molecule has 0 amide bonds. The highest BCUT2D eigenvalue weighted by Gasteiger charge is 2.16. The molecule has 1 fully saturated rings. The van der Waals surface area contributed by atoms with Gasteiger partial charge in [-0.2, -0.15) is 0 Å². The van der Waals surface area contributed by atoms with Gasteiger partial charge in [0.2, 0.25) is 0 Å². The van der Waals surface area contributed by atoms with Crippen LogP contribution in [0.1, 0.15) is 24.1 Å². The van der Waals surface area contributed by atoms with E-state index in [9.17, 15) is 0 Å². The molecule has 1 aromatic heterocycles. The van der Waals surface area contributed by atoms with Gasteiger partial charge in [-0.1, -0.05) is 18.0 Å². The van der Waals surface area contributed by atoms with Crippen LogP contribution in [0.15, 0.2) is 11.4 Å². The molecule has 66 valence electrons. The lowest BCUT2D eigenvalue weighted by atomic mass is 9.93. The zero-order valence-electron chi connectivity index (χ0n) is 6.85. The second kappa shape index (κ2) is 3.77. The van der Waals surface area contributed by atoms with Crippen molar-refractivity contribution in [3.05, 3.63) is 21.3 Å². The van der Waals surface area contributed by atoms with Crippen LogP contribution < -0.4 is 5.32 Å². The lowest BCUT2D eigenvalue weighted by Crippen LogP contribution is -2.34. The Kier molecular flexibility index (Phi) is 2.69. The molecule has 0 unspecified atom stereocenters. The second-order valence-corrected chi connectivity index (χ2v) is 4.67. The number of rotatable bonds is 3. The van der Waals surface area contributed by atoms with Crippen molar-refractivity contribution >= 4 is 22.9 Å². The predicted octanol–water partition coefficient (Wildman–Crippen LogP) is 3.04. The number of hydrogen-bond acceptors (Lipinski definition) is 2. The Morgan fingerprint density at radius 2 is 2.42 bits per heavy atom. The first-order valence-electron chi connectivity index (χ1n) is 4.31. The van der Waals surface area contributed by atoms with E-state index in [0.717, 1.165) is 17.6 Å². The third-order valence-electron chi connectivity index (χ3n) is 2.29. The quantitative estimate of drug-likeness (QED) is 0.793. The first kappa shape index (κ1) is 8.54. The van der Waals surface area contributed by atoms with Crippen molar-refractivity contribution in [2.24, 2.45) is 0 Å². The highest BCUT2D eigenvalue weighted by molar-refractivity contribution is 7.10. The molecule has 1 aliphatic carbocycles. The Balaban J connectivity index is 1.79. The van der Waals surface area contributed by atoms with Gasteiger partial charge in [-0.15, -0.1) is 11.3 Å². The SMILES string of the molecule is Clc1csc(CNC2CCC2)c1. The van der Waals surface area contributed by atoms with Gasteiger partial charge in [0.15, 0.2) is 0 Å². The van der Waals surface area contributed by atoms with E-state index in [-0.39, 0.29) is 0 Å². The molecule has 0 aliphatic heterocycles. The summed E-state index contributed by atoms with van der Waals surface area (Å²) in [4.78, 5) is 1.34. The topological polar surface area (TPSA) is 12.0 Å². The predicted molar refractivity (Wildman–Crippen MR) is 53.8 cm³/mol. The average molecular weight is 202 g/mol. The van der Waals surface area contributed by atoms with E-state index in [2.05, 4.69) is 5.32 Å². The average Bonchev–Trinajstić information content (AvgIpc) is 2.32. The van der Waals surface area contributed by atoms with E-state index in [1.54, 1.807) is 11.3 Å². The Morgan fingerprint density at radius 3 is 2.92 bits per heavy atom. The molecule has 2 rings (SSSR count). The third-order valence-corrected chi connectivity index (χ3v) is 3.58. The van der Waals surface area contributed by atoms with E-state index in [4.69, 9.17) is 11.6 Å². The fraction of sp³-hybridized carbons (Fsp3) is 0.556. The van der Waals surface area contributed by atoms with Crippen LogP contribution >= 0.6 is 22.9 Å². The van der Waals surface area contributed by atoms with E-state index >= 15 is 0 Å². The highest BCUT2D eigenvalue weighted by Crippen LogP contribution is 2.21. The Bertz CT molecular complexity index is 255. The van der Waals surface area contributed by atoms with Crippen LogP contribution in [0.5, 0.6) is 0 Å². The molecule has 1 saturated carbocycles. The van der Waals surface area contributed by atoms with E-state index in [0.29, 0.717) is 0 Å². The number of thiophene rings is 1. The standard InChI is InChI=1S/C9H12ClNS/c10-7-4-9(12-6-7)5-11-8-2-1-3-8/h4,6,8,11H,1-3,5H2. The van der Waals surface area contributed by atoms with E-state index in [1.807, 2.05) is 11.4 Å². The molecule has 0 aromatic carbocycles. The maximum Gasteiger partial charge on any atom is 0.0516 e. The molecule has 3 heteroatoms. The van der Waals surface area contributed by atoms with Gasteiger partial charge in [0.1, 0.15) is 0 Å². The summed E-state index contributed by atoms with van der Waals surface area (Å²) in [6.45, 7) is 0.988. The molecule has 0 spiro atoms. The van der Waals surface area contributed by atoms with Gasteiger partial charge in [-0.25, -0.2) is 0 Å². The summed E-state index contributed by atoms with van der Waals surface area (Å²) in [5.41, 5.74) is 0. The van der Waals surface area contributed by atoms with Crippen LogP contribution in [0, 0.1) is 0 Å². The van der Waals surface area contributed by atoms with Crippen LogP contribution in [-0.2, 0) is 6.54 Å². The molecule has 0 bridgehead atoms. The Morgan fingerprint density at radius 1 is 1.58 bits per heavy atom. The molecule has 1 heterocycles. The third kappa shape index (κ3) is 2.00. The molecule has 1 aromatic rings. The lowest BCUT2D eigenvalue weighted by Gasteiger charge is -2.26. The highest BCUT2D eigenvalue weighted by atomic mass is 35.5. The summed E-state index contributed by atoms with van der Waals surface area (Å²) < 4.78 is 0. The van der Waals surface area contributed by atoms with Gasteiger partial charge in [0.25, 0.3) is 0 Å². The Labute approximate surface area is 81.7 Å². The molecule has 12 heavy (non-hydrogen) atoms. The zero-order valence-corrected chi connectivity index (χ0v) is 8.42. The van der Waals surface area contributed by atoms with Crippen molar-refractivity contribution in [2.75, 3.05) is 0 Å². The number of halogens is 1. The van der Waals surface area contributed by atoms with Crippen molar-refractivity contribution in [3.8, 4) is 0 Å². The van der Waals surface area contributed by atoms with Crippen molar-refractivity contribution in [1.82, 2.24) is 5.32 Å². The van der Waals surface area contributed by atoms with Gasteiger partial charge >= 0.3 is 0 Å². The van der Waals surface area contributed by atoms with Crippen molar-refractivity contribution in [3.63, 3.8) is 0 Å². The van der Waals surface area contributed by atoms with Gasteiger partial charge in [0, 0.05) is 22.8 Å². The minimum Gasteiger partial charge on any atom is -0.309 e. The van der Waals surface area contributed by atoms with Crippen LogP contribution in [0.4, 0.5) is 0 Å². The van der Waals surface area contributed by atoms with Gasteiger partial charge in [0.05, 0.1) is 5.02 Å². The normalized spacial score (nSPS) is 17.8. The summed E-state index contributed by atoms with van der Waals surface area (Å²) in [6.07, 6.45) is 4.08. The second-order valence-electron chi connectivity index (χ2n) is 3.24. The molecule has 0 saturated heterocycles. The number of nitrogens with one attached hydrogen (secondary N) is 1. The first-order chi connectivity index (χ1) is 5.84. The molecule has 0 radical (unpaired) electrons. The smallest absolute Gasteiger partial charge is 0.0516 e. The van der Waals surface area contributed by atoms with E-state index < -0.39 is 0 Å². The minimum absolute atomic E-state index is 0.769. The van der Waals surface area contributed by atoms with Crippen LogP contribution in [0.2, 0.25) is 5.02 Å². The fourth-order valence-electron chi connectivity index (χ4n) is 1.30. The summed E-state index contributed by atoms with van der Waals surface area (Å²) in [5, 5.41) is 6.35. The maximum absolute atomic E-state index is 5.81. The van der Waals surface area contributed by atoms with Crippen LogP contribution in [0.3, 0.4) is 0 Å². The van der Waals surface area contributed by atoms with Crippen LogP contribution in [0.25, 0.3) is 0 Å². The molecular weight excluding hydrogens is 190 g/mol. The molecule has 1 N–H and O–H groups in total. The number of hydrogen-bond donors (Lipinski definition) is 1. The van der Waals surface area contributed by atoms with Gasteiger partial charge in [-0.05, 0) is 18.9 Å². The van der Waals surface area contributed by atoms with Crippen molar-refractivity contribution in [1.29, 1.82) is 0 Å². The molecule has 1 nitrogen and oxygen atoms in total. The summed E-state index contributed by atoms with van der Waals surface area (Å²) >= 11 is 7.54. The fourth-order valence-corrected chi connectivity index (χ4v) is 2.33. The summed E-state index contributed by atoms with van der Waals surface area (Å²) in [6, 6.07) is 2.81. The maximum atomic E-state index is 5.81.